The molecule has 0 spiro atoms. The van der Waals surface area contributed by atoms with Gasteiger partial charge in [0.15, 0.2) is 0 Å². The second-order valence-electron chi connectivity index (χ2n) is 7.21. The molecule has 4 heterocycles. The van der Waals surface area contributed by atoms with Crippen LogP contribution in [-0.2, 0) is 7.05 Å². The number of halogens is 1. The highest BCUT2D eigenvalue weighted by molar-refractivity contribution is 9.10. The number of benzene rings is 1. The molecular formula is C18H19BrN6O. The molecule has 1 amide bonds. The molecule has 0 saturated carbocycles. The van der Waals surface area contributed by atoms with Gasteiger partial charge in [-0.15, -0.1) is 0 Å². The molecule has 0 aliphatic carbocycles. The van der Waals surface area contributed by atoms with Gasteiger partial charge in [-0.2, -0.15) is 20.1 Å². The maximum absolute atomic E-state index is 13.4. The Balaban J connectivity index is 1.48. The van der Waals surface area contributed by atoms with Crippen LogP contribution in [0.1, 0.15) is 42.2 Å². The maximum atomic E-state index is 13.4. The molecule has 7 nitrogen and oxygen atoms in total. The van der Waals surface area contributed by atoms with Crippen molar-refractivity contribution in [2.24, 2.45) is 7.05 Å². The lowest BCUT2D eigenvalue weighted by molar-refractivity contribution is 0.0503. The first-order chi connectivity index (χ1) is 12.6. The van der Waals surface area contributed by atoms with E-state index in [1.54, 1.807) is 17.1 Å². The van der Waals surface area contributed by atoms with E-state index in [2.05, 4.69) is 36.1 Å². The van der Waals surface area contributed by atoms with E-state index in [-0.39, 0.29) is 24.0 Å². The van der Waals surface area contributed by atoms with Crippen LogP contribution in [0.5, 0.6) is 0 Å². The Labute approximate surface area is 159 Å². The fraction of sp³-hybridized carbons (Fsp3) is 0.444. The number of aryl methyl sites for hydroxylation is 1. The van der Waals surface area contributed by atoms with Gasteiger partial charge < -0.3 is 4.90 Å². The number of piperidine rings is 1. The number of carbonyl (C=O) groups excluding carboxylic acids is 1. The van der Waals surface area contributed by atoms with Crippen LogP contribution in [0.3, 0.4) is 0 Å². The summed E-state index contributed by atoms with van der Waals surface area (Å²) in [6.45, 7) is 0. The second kappa shape index (κ2) is 5.90. The average molecular weight is 415 g/mol. The summed E-state index contributed by atoms with van der Waals surface area (Å²) >= 11 is 3.48. The molecule has 0 N–H and O–H groups in total. The Morgan fingerprint density at radius 1 is 1.12 bits per heavy atom. The molecule has 3 aromatic rings. The molecule has 2 unspecified atom stereocenters. The van der Waals surface area contributed by atoms with Crippen LogP contribution in [0.15, 0.2) is 35.1 Å². The number of carbonyl (C=O) groups is 1. The molecular weight excluding hydrogens is 396 g/mol. The number of nitrogens with zero attached hydrogens (tertiary/aromatic N) is 6. The number of fused-ring (bicyclic) bond motifs is 3. The van der Waals surface area contributed by atoms with Crippen molar-refractivity contribution >= 4 is 32.7 Å². The van der Waals surface area contributed by atoms with E-state index >= 15 is 0 Å². The molecule has 8 heteroatoms. The first-order valence-electron chi connectivity index (χ1n) is 8.92. The zero-order valence-corrected chi connectivity index (χ0v) is 16.0. The average Bonchev–Trinajstić information content (AvgIpc) is 3.31. The van der Waals surface area contributed by atoms with E-state index in [0.717, 1.165) is 41.1 Å². The van der Waals surface area contributed by atoms with Gasteiger partial charge in [0.25, 0.3) is 5.91 Å². The minimum atomic E-state index is 0.0942. The topological polar surface area (TPSA) is 68.8 Å². The zero-order chi connectivity index (χ0) is 17.8. The van der Waals surface area contributed by atoms with Crippen molar-refractivity contribution in [3.05, 3.63) is 40.8 Å². The minimum absolute atomic E-state index is 0.0942. The largest absolute Gasteiger partial charge is 0.331 e. The Hall–Kier alpha value is -2.22. The molecule has 2 fully saturated rings. The number of hydrogen-bond donors (Lipinski definition) is 0. The van der Waals surface area contributed by atoms with Crippen LogP contribution in [0, 0.1) is 0 Å². The van der Waals surface area contributed by atoms with Gasteiger partial charge in [0.05, 0.1) is 24.0 Å². The van der Waals surface area contributed by atoms with Gasteiger partial charge in [-0.05, 0) is 43.9 Å². The standard InChI is InChI=1S/C18H19BrN6O/c1-23-17(15-5-2-11(19)8-16(15)22-23)18(26)24-12-3-4-13(24)10-14(9-12)25-20-6-7-21-25/h2,5-8,12-14H,3-4,9-10H2,1H3. The smallest absolute Gasteiger partial charge is 0.273 e. The van der Waals surface area contributed by atoms with Crippen molar-refractivity contribution in [2.75, 3.05) is 0 Å². The van der Waals surface area contributed by atoms with Crippen LogP contribution in [-0.4, -0.2) is 47.7 Å². The van der Waals surface area contributed by atoms with Gasteiger partial charge in [0.1, 0.15) is 5.69 Å². The van der Waals surface area contributed by atoms with Gasteiger partial charge in [0, 0.05) is 29.0 Å². The summed E-state index contributed by atoms with van der Waals surface area (Å²) in [5.41, 5.74) is 1.52. The van der Waals surface area contributed by atoms with Crippen molar-refractivity contribution in [1.82, 2.24) is 29.7 Å². The first-order valence-corrected chi connectivity index (χ1v) is 9.72. The monoisotopic (exact) mass is 414 g/mol. The van der Waals surface area contributed by atoms with Crippen molar-refractivity contribution in [2.45, 2.75) is 43.8 Å². The lowest BCUT2D eigenvalue weighted by Crippen LogP contribution is -2.47. The van der Waals surface area contributed by atoms with Crippen LogP contribution >= 0.6 is 15.9 Å². The molecule has 2 atom stereocenters. The summed E-state index contributed by atoms with van der Waals surface area (Å²) in [5, 5.41) is 14.1. The normalized spacial score (nSPS) is 25.2. The predicted octanol–water partition coefficient (Wildman–Crippen LogP) is 2.94. The third-order valence-corrected chi connectivity index (χ3v) is 6.20. The fourth-order valence-electron chi connectivity index (χ4n) is 4.63. The molecule has 2 aromatic heterocycles. The summed E-state index contributed by atoms with van der Waals surface area (Å²) in [4.78, 5) is 17.4. The number of aromatic nitrogens is 5. The number of amides is 1. The fourth-order valence-corrected chi connectivity index (χ4v) is 4.98. The van der Waals surface area contributed by atoms with Crippen molar-refractivity contribution in [1.29, 1.82) is 0 Å². The zero-order valence-electron chi connectivity index (χ0n) is 14.4. The van der Waals surface area contributed by atoms with E-state index in [0.29, 0.717) is 5.69 Å². The maximum Gasteiger partial charge on any atom is 0.273 e. The minimum Gasteiger partial charge on any atom is -0.331 e. The Morgan fingerprint density at radius 3 is 2.50 bits per heavy atom. The van der Waals surface area contributed by atoms with Gasteiger partial charge in [-0.1, -0.05) is 15.9 Å². The van der Waals surface area contributed by atoms with Crippen molar-refractivity contribution in [3.63, 3.8) is 0 Å². The molecule has 1 aromatic carbocycles. The molecule has 2 saturated heterocycles. The highest BCUT2D eigenvalue weighted by atomic mass is 79.9. The lowest BCUT2D eigenvalue weighted by atomic mass is 9.97. The molecule has 0 radical (unpaired) electrons. The molecule has 134 valence electrons. The van der Waals surface area contributed by atoms with Crippen LogP contribution in [0.25, 0.3) is 10.9 Å². The first kappa shape index (κ1) is 16.0. The number of rotatable bonds is 2. The summed E-state index contributed by atoms with van der Waals surface area (Å²) in [6, 6.07) is 6.67. The summed E-state index contributed by atoms with van der Waals surface area (Å²) in [5.74, 6) is 0.0942. The Morgan fingerprint density at radius 2 is 1.81 bits per heavy atom. The van der Waals surface area contributed by atoms with E-state index < -0.39 is 0 Å². The van der Waals surface area contributed by atoms with Crippen LogP contribution in [0.4, 0.5) is 0 Å². The molecule has 5 rings (SSSR count). The number of hydrogen-bond acceptors (Lipinski definition) is 4. The summed E-state index contributed by atoms with van der Waals surface area (Å²) in [7, 11) is 1.85. The van der Waals surface area contributed by atoms with E-state index in [1.165, 1.54) is 0 Å². The second-order valence-corrected chi connectivity index (χ2v) is 8.12. The summed E-state index contributed by atoms with van der Waals surface area (Å²) < 4.78 is 2.69. The van der Waals surface area contributed by atoms with E-state index in [9.17, 15) is 4.79 Å². The predicted molar refractivity (Wildman–Crippen MR) is 99.7 cm³/mol. The van der Waals surface area contributed by atoms with Crippen molar-refractivity contribution < 1.29 is 4.79 Å². The van der Waals surface area contributed by atoms with E-state index in [1.807, 2.05) is 30.0 Å². The third-order valence-electron chi connectivity index (χ3n) is 5.70. The SMILES string of the molecule is Cn1nc2cc(Br)ccc2c1C(=O)N1C2CCC1CC(n1nccn1)C2. The quantitative estimate of drug-likeness (QED) is 0.646. The van der Waals surface area contributed by atoms with Gasteiger partial charge in [-0.25, -0.2) is 0 Å². The Kier molecular flexibility index (Phi) is 3.63. The Bertz CT molecular complexity index is 967. The van der Waals surface area contributed by atoms with Gasteiger partial charge in [-0.3, -0.25) is 9.48 Å². The van der Waals surface area contributed by atoms with Crippen LogP contribution in [0.2, 0.25) is 0 Å². The highest BCUT2D eigenvalue weighted by Crippen LogP contribution is 2.41. The molecule has 2 bridgehead atoms. The molecule has 26 heavy (non-hydrogen) atoms. The van der Waals surface area contributed by atoms with Crippen LogP contribution < -0.4 is 0 Å². The van der Waals surface area contributed by atoms with E-state index in [4.69, 9.17) is 0 Å². The van der Waals surface area contributed by atoms with Gasteiger partial charge >= 0.3 is 0 Å². The highest BCUT2D eigenvalue weighted by Gasteiger charge is 2.45. The third kappa shape index (κ3) is 2.39. The lowest BCUT2D eigenvalue weighted by Gasteiger charge is -2.38. The summed E-state index contributed by atoms with van der Waals surface area (Å²) in [6.07, 6.45) is 7.38. The molecule has 2 aliphatic rings. The van der Waals surface area contributed by atoms with Crippen molar-refractivity contribution in [3.8, 4) is 0 Å². The van der Waals surface area contributed by atoms with Gasteiger partial charge in [0.2, 0.25) is 0 Å². The molecule has 2 aliphatic heterocycles.